The van der Waals surface area contributed by atoms with E-state index in [0.29, 0.717) is 23.6 Å². The van der Waals surface area contributed by atoms with Crippen LogP contribution in [0, 0.1) is 0 Å². The Bertz CT molecular complexity index is 728. The van der Waals surface area contributed by atoms with Crippen molar-refractivity contribution >= 4 is 23.3 Å². The fourth-order valence-corrected chi connectivity index (χ4v) is 2.56. The first-order chi connectivity index (χ1) is 11.9. The third-order valence-electron chi connectivity index (χ3n) is 3.79. The molecule has 0 fully saturated rings. The van der Waals surface area contributed by atoms with E-state index in [0.717, 1.165) is 11.1 Å². The second kappa shape index (κ2) is 9.23. The highest BCUT2D eigenvalue weighted by molar-refractivity contribution is 6.30. The van der Waals surface area contributed by atoms with Gasteiger partial charge < -0.3 is 14.8 Å². The van der Waals surface area contributed by atoms with Gasteiger partial charge in [0.25, 0.3) is 5.91 Å². The average Bonchev–Trinajstić information content (AvgIpc) is 2.59. The van der Waals surface area contributed by atoms with E-state index in [1.165, 1.54) is 0 Å². The first-order valence-corrected chi connectivity index (χ1v) is 8.58. The molecule has 0 aliphatic carbocycles. The lowest BCUT2D eigenvalue weighted by Gasteiger charge is -2.15. The Balaban J connectivity index is 1.80. The molecule has 0 heterocycles. The summed E-state index contributed by atoms with van der Waals surface area (Å²) in [5.41, 5.74) is 2.01. The molecule has 4 nitrogen and oxygen atoms in total. The zero-order chi connectivity index (χ0) is 18.2. The van der Waals surface area contributed by atoms with Gasteiger partial charge in [-0.1, -0.05) is 35.9 Å². The molecule has 1 unspecified atom stereocenters. The fraction of sp³-hybridized carbons (Fsp3) is 0.300. The molecule has 0 aliphatic heterocycles. The molecule has 5 heteroatoms. The summed E-state index contributed by atoms with van der Waals surface area (Å²) in [6, 6.07) is 14.7. The van der Waals surface area contributed by atoms with Crippen LogP contribution < -0.4 is 10.1 Å². The molecule has 0 radical (unpaired) electrons. The van der Waals surface area contributed by atoms with Crippen LogP contribution in [-0.4, -0.2) is 18.3 Å². The van der Waals surface area contributed by atoms with Gasteiger partial charge in [0.1, 0.15) is 11.5 Å². The van der Waals surface area contributed by atoms with Crippen LogP contribution in [0.4, 0.5) is 0 Å². The first kappa shape index (κ1) is 19.0. The third-order valence-corrected chi connectivity index (χ3v) is 4.02. The number of ether oxygens (including phenoxy) is 1. The van der Waals surface area contributed by atoms with E-state index in [4.69, 9.17) is 16.3 Å². The zero-order valence-electron chi connectivity index (χ0n) is 14.4. The highest BCUT2D eigenvalue weighted by Crippen LogP contribution is 2.17. The lowest BCUT2D eigenvalue weighted by atomic mass is 10.1. The summed E-state index contributed by atoms with van der Waals surface area (Å²) in [5.74, 6) is 0.594. The number of hydrogen-bond acceptors (Lipinski definition) is 3. The second-order valence-corrected chi connectivity index (χ2v) is 6.42. The molecule has 0 spiro atoms. The molecule has 0 aliphatic rings. The summed E-state index contributed by atoms with van der Waals surface area (Å²) in [6.45, 7) is 3.42. The van der Waals surface area contributed by atoms with Crippen molar-refractivity contribution in [3.63, 3.8) is 0 Å². The van der Waals surface area contributed by atoms with E-state index in [1.54, 1.807) is 13.0 Å². The lowest BCUT2D eigenvalue weighted by molar-refractivity contribution is -0.123. The van der Waals surface area contributed by atoms with Crippen LogP contribution in [-0.2, 0) is 16.0 Å². The molecule has 2 rings (SSSR count). The number of aryl methyl sites for hydroxylation is 1. The molecule has 132 valence electrons. The van der Waals surface area contributed by atoms with E-state index in [9.17, 15) is 9.59 Å². The standard InChI is InChI=1S/C20H22ClNO3/c1-14(23)6-7-16-8-10-19(11-9-16)25-13-20(24)22-15(2)17-4-3-5-18(21)12-17/h3-5,8-12,15H,6-7,13H2,1-2H3,(H,22,24). The quantitative estimate of drug-likeness (QED) is 0.771. The van der Waals surface area contributed by atoms with E-state index in [1.807, 2.05) is 49.4 Å². The molecular weight excluding hydrogens is 338 g/mol. The van der Waals surface area contributed by atoms with Gasteiger partial charge in [-0.05, 0) is 55.7 Å². The van der Waals surface area contributed by atoms with E-state index < -0.39 is 0 Å². The van der Waals surface area contributed by atoms with Crippen LogP contribution in [0.15, 0.2) is 48.5 Å². The summed E-state index contributed by atoms with van der Waals surface area (Å²) < 4.78 is 5.50. The number of halogens is 1. The molecule has 0 aromatic heterocycles. The predicted molar refractivity (Wildman–Crippen MR) is 98.9 cm³/mol. The summed E-state index contributed by atoms with van der Waals surface area (Å²) in [4.78, 5) is 23.0. The van der Waals surface area contributed by atoms with Crippen molar-refractivity contribution in [1.82, 2.24) is 5.32 Å². The number of nitrogens with one attached hydrogen (secondary N) is 1. The Morgan fingerprint density at radius 3 is 2.52 bits per heavy atom. The Hall–Kier alpha value is -2.33. The zero-order valence-corrected chi connectivity index (χ0v) is 15.2. The van der Waals surface area contributed by atoms with Gasteiger partial charge in [-0.3, -0.25) is 4.79 Å². The minimum Gasteiger partial charge on any atom is -0.484 e. The lowest BCUT2D eigenvalue weighted by Crippen LogP contribution is -2.31. The summed E-state index contributed by atoms with van der Waals surface area (Å²) in [5, 5.41) is 3.52. The number of amides is 1. The largest absolute Gasteiger partial charge is 0.484 e. The van der Waals surface area contributed by atoms with E-state index >= 15 is 0 Å². The average molecular weight is 360 g/mol. The minimum absolute atomic E-state index is 0.0578. The number of hydrogen-bond donors (Lipinski definition) is 1. The van der Waals surface area contributed by atoms with Crippen LogP contribution in [0.2, 0.25) is 5.02 Å². The van der Waals surface area contributed by atoms with Gasteiger partial charge in [0.05, 0.1) is 6.04 Å². The normalized spacial score (nSPS) is 11.6. The third kappa shape index (κ3) is 6.59. The van der Waals surface area contributed by atoms with Gasteiger partial charge in [-0.25, -0.2) is 0 Å². The number of rotatable bonds is 8. The van der Waals surface area contributed by atoms with Crippen LogP contribution in [0.1, 0.15) is 37.4 Å². The number of benzene rings is 2. The summed E-state index contributed by atoms with van der Waals surface area (Å²) >= 11 is 5.96. The number of Topliss-reactive ketones (excluding diaryl/α,β-unsaturated/α-hetero) is 1. The fourth-order valence-electron chi connectivity index (χ4n) is 2.36. The maximum atomic E-state index is 12.0. The van der Waals surface area contributed by atoms with Gasteiger partial charge in [-0.15, -0.1) is 0 Å². The molecular formula is C20H22ClNO3. The van der Waals surface area contributed by atoms with Crippen LogP contribution in [0.5, 0.6) is 5.75 Å². The van der Waals surface area contributed by atoms with Crippen molar-refractivity contribution in [3.8, 4) is 5.75 Å². The molecule has 2 aromatic rings. The van der Waals surface area contributed by atoms with E-state index in [2.05, 4.69) is 5.32 Å². The van der Waals surface area contributed by atoms with Crippen LogP contribution >= 0.6 is 11.6 Å². The smallest absolute Gasteiger partial charge is 0.258 e. The second-order valence-electron chi connectivity index (χ2n) is 5.98. The molecule has 0 bridgehead atoms. The Morgan fingerprint density at radius 1 is 1.16 bits per heavy atom. The molecule has 2 aromatic carbocycles. The highest BCUT2D eigenvalue weighted by Gasteiger charge is 2.10. The van der Waals surface area contributed by atoms with Gasteiger partial charge in [0, 0.05) is 11.4 Å². The van der Waals surface area contributed by atoms with Gasteiger partial charge in [-0.2, -0.15) is 0 Å². The predicted octanol–water partition coefficient (Wildman–Crippen LogP) is 4.12. The molecule has 25 heavy (non-hydrogen) atoms. The SMILES string of the molecule is CC(=O)CCc1ccc(OCC(=O)NC(C)c2cccc(Cl)c2)cc1. The number of carbonyl (C=O) groups excluding carboxylic acids is 2. The van der Waals surface area contributed by atoms with Gasteiger partial charge in [0.15, 0.2) is 6.61 Å². The summed E-state index contributed by atoms with van der Waals surface area (Å²) in [7, 11) is 0. The van der Waals surface area contributed by atoms with Crippen LogP contribution in [0.25, 0.3) is 0 Å². The van der Waals surface area contributed by atoms with Crippen molar-refractivity contribution in [1.29, 1.82) is 0 Å². The maximum Gasteiger partial charge on any atom is 0.258 e. The van der Waals surface area contributed by atoms with Crippen molar-refractivity contribution in [2.75, 3.05) is 6.61 Å². The van der Waals surface area contributed by atoms with E-state index in [-0.39, 0.29) is 24.3 Å². The number of ketones is 1. The van der Waals surface area contributed by atoms with Crippen molar-refractivity contribution < 1.29 is 14.3 Å². The van der Waals surface area contributed by atoms with Gasteiger partial charge >= 0.3 is 0 Å². The van der Waals surface area contributed by atoms with Crippen molar-refractivity contribution in [2.45, 2.75) is 32.7 Å². The Kier molecular flexibility index (Phi) is 7.02. The Labute approximate surface area is 153 Å². The molecule has 0 saturated carbocycles. The summed E-state index contributed by atoms with van der Waals surface area (Å²) in [6.07, 6.45) is 1.25. The highest BCUT2D eigenvalue weighted by atomic mass is 35.5. The molecule has 1 N–H and O–H groups in total. The van der Waals surface area contributed by atoms with Gasteiger partial charge in [0.2, 0.25) is 0 Å². The van der Waals surface area contributed by atoms with Crippen molar-refractivity contribution in [2.24, 2.45) is 0 Å². The number of carbonyl (C=O) groups is 2. The Morgan fingerprint density at radius 2 is 1.88 bits per heavy atom. The monoisotopic (exact) mass is 359 g/mol. The topological polar surface area (TPSA) is 55.4 Å². The molecule has 1 atom stereocenters. The molecule has 0 saturated heterocycles. The van der Waals surface area contributed by atoms with Crippen molar-refractivity contribution in [3.05, 3.63) is 64.7 Å². The minimum atomic E-state index is -0.201. The van der Waals surface area contributed by atoms with Crippen LogP contribution in [0.3, 0.4) is 0 Å². The first-order valence-electron chi connectivity index (χ1n) is 8.20. The molecule has 1 amide bonds. The maximum absolute atomic E-state index is 12.0.